The molecule has 7 saturated carbocycles. The monoisotopic (exact) mass is 1290 g/mol. The van der Waals surface area contributed by atoms with Crippen LogP contribution in [0.2, 0.25) is 0 Å². The number of hydrogen-bond donors (Lipinski definition) is 13. The van der Waals surface area contributed by atoms with Crippen molar-refractivity contribution in [3.8, 4) is 0 Å². The molecule has 20 aliphatic rings. The third-order valence-electron chi connectivity index (χ3n) is 30.8. The highest BCUT2D eigenvalue weighted by atomic mass is 16.5. The van der Waals surface area contributed by atoms with E-state index in [0.29, 0.717) is 68.4 Å². The van der Waals surface area contributed by atoms with E-state index in [1.54, 1.807) is 13.8 Å². The normalized spacial score (nSPS) is 53.8. The van der Waals surface area contributed by atoms with Gasteiger partial charge in [0.05, 0.1) is 82.2 Å². The Bertz CT molecular complexity index is 3550. The lowest BCUT2D eigenvalue weighted by molar-refractivity contribution is -0.303. The summed E-state index contributed by atoms with van der Waals surface area (Å²) in [5.41, 5.74) is -4.43. The molecule has 0 radical (unpaired) electrons. The quantitative estimate of drug-likeness (QED) is 0.0944. The van der Waals surface area contributed by atoms with Gasteiger partial charge in [0.15, 0.2) is 5.78 Å². The zero-order valence-corrected chi connectivity index (χ0v) is 55.4. The van der Waals surface area contributed by atoms with Gasteiger partial charge in [-0.05, 0) is 200 Å². The highest BCUT2D eigenvalue weighted by Gasteiger charge is 2.88. The SMILES string of the molecule is CCCC1CCC2C3OC4(C=CC3C1)C2C(O)CCCC4(O)C(C)(O)C1CCC2(O)C3=C(NCC(C)O)C(=O)C45C=CC6C7=C8C(=CC7)C7C(CC9NC=CC97)OC8CC7CCC(CC76)C12CC1(O)C=CC2(C6=C(CCCO)NC(N)C=C6)C=CC31C4(CC(O)C(O)C5)C2. The lowest BCUT2D eigenvalue weighted by Gasteiger charge is -2.76. The number of ether oxygens (including phenoxy) is 2. The summed E-state index contributed by atoms with van der Waals surface area (Å²) in [6.45, 7) is 5.55. The average molecular weight is 1290 g/mol. The molecule has 16 heteroatoms. The number of allylic oxidation sites excluding steroid dienone is 10. The molecule has 0 aromatic rings. The van der Waals surface area contributed by atoms with Gasteiger partial charge in [0, 0.05) is 76.3 Å². The predicted molar refractivity (Wildman–Crippen MR) is 351 cm³/mol. The van der Waals surface area contributed by atoms with Crippen LogP contribution >= 0.6 is 0 Å². The van der Waals surface area contributed by atoms with Crippen molar-refractivity contribution in [1.82, 2.24) is 16.0 Å². The number of hydrogen-bond acceptors (Lipinski definition) is 16. The molecule has 30 atom stereocenters. The molecular formula is C78H104N4O12. The first kappa shape index (κ1) is 62.3. The maximum absolute atomic E-state index is 17.9. The van der Waals surface area contributed by atoms with Gasteiger partial charge in [-0.2, -0.15) is 0 Å². The number of nitrogens with two attached hydrogens (primary N) is 1. The minimum absolute atomic E-state index is 0.0562. The zero-order valence-electron chi connectivity index (χ0n) is 55.4. The van der Waals surface area contributed by atoms with Gasteiger partial charge in [-0.1, -0.05) is 98.6 Å². The van der Waals surface area contributed by atoms with Crippen LogP contribution in [0.4, 0.5) is 0 Å². The van der Waals surface area contributed by atoms with Crippen LogP contribution in [0.15, 0.2) is 118 Å². The largest absolute Gasteiger partial charge is 0.396 e. The van der Waals surface area contributed by atoms with Crippen LogP contribution in [0.25, 0.3) is 0 Å². The van der Waals surface area contributed by atoms with Crippen molar-refractivity contribution >= 4 is 5.78 Å². The lowest BCUT2D eigenvalue weighted by Crippen LogP contribution is -2.81. The second kappa shape index (κ2) is 20.8. The van der Waals surface area contributed by atoms with E-state index in [1.165, 1.54) is 16.7 Å². The molecule has 0 amide bonds. The fourth-order valence-corrected chi connectivity index (χ4v) is 27.6. The van der Waals surface area contributed by atoms with Crippen molar-refractivity contribution in [1.29, 1.82) is 0 Å². The Morgan fingerprint density at radius 1 is 0.883 bits per heavy atom. The third-order valence-corrected chi connectivity index (χ3v) is 30.8. The van der Waals surface area contributed by atoms with Gasteiger partial charge in [0.2, 0.25) is 0 Å². The van der Waals surface area contributed by atoms with E-state index in [0.717, 1.165) is 62.6 Å². The Morgan fingerprint density at radius 2 is 1.71 bits per heavy atom. The Labute approximate surface area is 553 Å². The molecule has 5 spiro atoms. The Morgan fingerprint density at radius 3 is 2.53 bits per heavy atom. The van der Waals surface area contributed by atoms with Gasteiger partial charge >= 0.3 is 0 Å². The fourth-order valence-electron chi connectivity index (χ4n) is 27.6. The molecule has 14 N–H and O–H groups in total. The van der Waals surface area contributed by atoms with Crippen molar-refractivity contribution in [3.05, 3.63) is 118 Å². The number of Topliss-reactive ketones (excluding diaryl/α,β-unsaturated/α-hetero) is 1. The molecule has 508 valence electrons. The molecule has 0 aromatic heterocycles. The van der Waals surface area contributed by atoms with Crippen molar-refractivity contribution < 1.29 is 60.2 Å². The summed E-state index contributed by atoms with van der Waals surface area (Å²) >= 11 is 0. The number of aliphatic hydroxyl groups excluding tert-OH is 5. The van der Waals surface area contributed by atoms with Crippen LogP contribution in [0.5, 0.6) is 0 Å². The van der Waals surface area contributed by atoms with E-state index in [9.17, 15) is 30.6 Å². The summed E-state index contributed by atoms with van der Waals surface area (Å²) < 4.78 is 15.2. The van der Waals surface area contributed by atoms with Gasteiger partial charge in [0.1, 0.15) is 11.2 Å². The summed E-state index contributed by atoms with van der Waals surface area (Å²) in [6, 6.07) is 0.301. The van der Waals surface area contributed by atoms with Crippen LogP contribution in [-0.2, 0) is 14.3 Å². The summed E-state index contributed by atoms with van der Waals surface area (Å²) in [6.07, 6.45) is 33.8. The molecule has 94 heavy (non-hydrogen) atoms. The Kier molecular flexibility index (Phi) is 13.8. The van der Waals surface area contributed by atoms with Crippen LogP contribution in [0.1, 0.15) is 162 Å². The first-order valence-electron chi connectivity index (χ1n) is 37.2. The second-order valence-electron chi connectivity index (χ2n) is 34.5. The number of carbonyl (C=O) groups is 1. The lowest BCUT2D eigenvalue weighted by atomic mass is 9.27. The first-order valence-corrected chi connectivity index (χ1v) is 37.2. The van der Waals surface area contributed by atoms with E-state index in [2.05, 4.69) is 83.8 Å². The van der Waals surface area contributed by atoms with Crippen molar-refractivity contribution in [3.63, 3.8) is 0 Å². The minimum atomic E-state index is -2.09. The molecular weight excluding hydrogens is 1180 g/mol. The van der Waals surface area contributed by atoms with E-state index in [-0.39, 0.29) is 123 Å². The maximum atomic E-state index is 17.9. The zero-order chi connectivity index (χ0) is 64.9. The number of ketones is 1. The summed E-state index contributed by atoms with van der Waals surface area (Å²) in [5.74, 6) is -1.43. The van der Waals surface area contributed by atoms with Crippen LogP contribution in [0, 0.1) is 92.2 Å². The van der Waals surface area contributed by atoms with E-state index in [4.69, 9.17) is 15.2 Å². The molecule has 16 nitrogen and oxygen atoms in total. The second-order valence-corrected chi connectivity index (χ2v) is 34.5. The fraction of sp³-hybridized carbons (Fsp3) is 0.731. The average Bonchev–Trinajstić information content (AvgIpc) is 1.20. The number of rotatable bonds is 11. The molecule has 15 aliphatic carbocycles. The van der Waals surface area contributed by atoms with Crippen molar-refractivity contribution in [2.45, 2.75) is 245 Å². The first-order chi connectivity index (χ1) is 45.0. The van der Waals surface area contributed by atoms with Crippen molar-refractivity contribution in [2.75, 3.05) is 13.2 Å². The number of aliphatic hydroxyl groups is 9. The Balaban J connectivity index is 0.914. The van der Waals surface area contributed by atoms with Gasteiger partial charge in [0.25, 0.3) is 0 Å². The number of nitrogens with one attached hydrogen (secondary N) is 3. The van der Waals surface area contributed by atoms with Gasteiger partial charge < -0.3 is 77.1 Å². The molecule has 0 aromatic carbocycles. The Hall–Kier alpha value is -4.01. The maximum Gasteiger partial charge on any atom is 0.189 e. The van der Waals surface area contributed by atoms with E-state index in [1.807, 2.05) is 18.2 Å². The van der Waals surface area contributed by atoms with Gasteiger partial charge in [-0.3, -0.25) is 4.79 Å². The van der Waals surface area contributed by atoms with Gasteiger partial charge in [-0.25, -0.2) is 0 Å². The van der Waals surface area contributed by atoms with Crippen LogP contribution in [-0.4, -0.2) is 148 Å². The highest BCUT2D eigenvalue weighted by molar-refractivity contribution is 6.05. The third kappa shape index (κ3) is 7.50. The molecule has 2 saturated heterocycles. The predicted octanol–water partition coefficient (Wildman–Crippen LogP) is 6.84. The molecule has 20 rings (SSSR count). The van der Waals surface area contributed by atoms with Crippen LogP contribution < -0.4 is 21.7 Å². The summed E-state index contributed by atoms with van der Waals surface area (Å²) in [4.78, 5) is 17.9. The molecule has 5 aliphatic heterocycles. The summed E-state index contributed by atoms with van der Waals surface area (Å²) in [5, 5.41) is 133. The molecule has 11 bridgehead atoms. The topological polar surface area (TPSA) is 280 Å². The van der Waals surface area contributed by atoms with Crippen molar-refractivity contribution in [2.24, 2.45) is 97.9 Å². The number of fused-ring (bicyclic) bond motifs is 6. The standard InChI is InChI=1S/C78H104N4O12/c1-4-7-42-10-13-50-64-55(85)9-5-22-78(92,77(64)25-18-44(32-42)66(50)94-77)69(3,89)60-20-24-76(91)67-65(81-38-41(2)84)68(88)71-23-19-46-47-14-15-49-62(47)58(93-59-35-54-48(63(49)59)21-30-80-54)33-43-11-12-45(34-51(43)46)74(60,76)40-73(90)28-26-70(52-16-17-61(79)82-53(52)8-6-31-83)27-29-75(67,73)72(71,39-70)37-57(87)56(86)36-71/h15-19,21,23,25-30,41-46,48,50-51,54-61,63-64,66,80-87,89-92H,4-14,20,22,24,31-40,79H2,1-3H3. The van der Waals surface area contributed by atoms with Crippen LogP contribution in [0.3, 0.4) is 0 Å². The molecule has 30 unspecified atom stereocenters. The highest BCUT2D eigenvalue weighted by Crippen LogP contribution is 2.86. The molecule has 5 heterocycles. The van der Waals surface area contributed by atoms with Gasteiger partial charge in [-0.15, -0.1) is 0 Å². The molecule has 9 fully saturated rings. The minimum Gasteiger partial charge on any atom is -0.396 e. The number of carbonyl (C=O) groups excluding carboxylic acids is 1. The summed E-state index contributed by atoms with van der Waals surface area (Å²) in [7, 11) is 0. The van der Waals surface area contributed by atoms with E-state index < -0.39 is 103 Å². The van der Waals surface area contributed by atoms with E-state index >= 15 is 20.1 Å². The number of dihydropyridines is 1. The smallest absolute Gasteiger partial charge is 0.189 e.